The number of rotatable bonds is 5. The van der Waals surface area contributed by atoms with Crippen LogP contribution in [0.15, 0.2) is 48.5 Å². The molecule has 2 aromatic carbocycles. The smallest absolute Gasteiger partial charge is 0.407 e. The molecule has 3 aliphatic rings. The van der Waals surface area contributed by atoms with Gasteiger partial charge < -0.3 is 20.1 Å². The Balaban J connectivity index is 1.17. The molecule has 34 heavy (non-hydrogen) atoms. The van der Waals surface area contributed by atoms with E-state index in [-0.39, 0.29) is 30.4 Å². The van der Waals surface area contributed by atoms with Crippen LogP contribution in [0.4, 0.5) is 4.79 Å². The van der Waals surface area contributed by atoms with Crippen molar-refractivity contribution in [1.82, 2.24) is 10.2 Å². The van der Waals surface area contributed by atoms with E-state index >= 15 is 0 Å². The topological polar surface area (TPSA) is 95.9 Å². The van der Waals surface area contributed by atoms with Crippen LogP contribution in [0.2, 0.25) is 0 Å². The maximum absolute atomic E-state index is 13.1. The molecule has 7 nitrogen and oxygen atoms in total. The van der Waals surface area contributed by atoms with E-state index in [1.807, 2.05) is 24.3 Å². The molecule has 1 saturated carbocycles. The third-order valence-electron chi connectivity index (χ3n) is 7.82. The Morgan fingerprint density at radius 1 is 1.06 bits per heavy atom. The number of aliphatic carboxylic acids is 1. The molecular formula is C27H30N2O5. The highest BCUT2D eigenvalue weighted by molar-refractivity contribution is 5.88. The van der Waals surface area contributed by atoms with E-state index in [0.717, 1.165) is 11.1 Å². The fourth-order valence-corrected chi connectivity index (χ4v) is 5.90. The normalized spacial score (nSPS) is 25.6. The van der Waals surface area contributed by atoms with Gasteiger partial charge in [0.05, 0.1) is 0 Å². The molecule has 3 unspecified atom stereocenters. The number of ether oxygens (including phenoxy) is 1. The monoisotopic (exact) mass is 462 g/mol. The van der Waals surface area contributed by atoms with Crippen LogP contribution in [-0.4, -0.2) is 52.7 Å². The fraction of sp³-hybridized carbons (Fsp3) is 0.444. The molecule has 0 bridgehead atoms. The lowest BCUT2D eigenvalue weighted by molar-refractivity contribution is -0.156. The van der Waals surface area contributed by atoms with Gasteiger partial charge in [-0.3, -0.25) is 4.79 Å². The number of carboxylic acid groups (broad SMARTS) is 1. The second kappa shape index (κ2) is 8.78. The van der Waals surface area contributed by atoms with E-state index in [4.69, 9.17) is 4.74 Å². The van der Waals surface area contributed by atoms with Gasteiger partial charge in [0, 0.05) is 24.4 Å². The Labute approximate surface area is 199 Å². The largest absolute Gasteiger partial charge is 0.480 e. The van der Waals surface area contributed by atoms with E-state index in [2.05, 4.69) is 29.6 Å². The third kappa shape index (κ3) is 3.83. The molecule has 2 N–H and O–H groups in total. The van der Waals surface area contributed by atoms with Gasteiger partial charge >= 0.3 is 12.1 Å². The third-order valence-corrected chi connectivity index (χ3v) is 7.82. The van der Waals surface area contributed by atoms with E-state index < -0.39 is 17.6 Å². The van der Waals surface area contributed by atoms with Crippen LogP contribution in [0.3, 0.4) is 0 Å². The molecule has 1 saturated heterocycles. The predicted molar refractivity (Wildman–Crippen MR) is 126 cm³/mol. The highest BCUT2D eigenvalue weighted by Gasteiger charge is 2.48. The van der Waals surface area contributed by atoms with Gasteiger partial charge in [-0.15, -0.1) is 0 Å². The quantitative estimate of drug-likeness (QED) is 0.696. The molecule has 2 fully saturated rings. The zero-order chi connectivity index (χ0) is 23.9. The summed E-state index contributed by atoms with van der Waals surface area (Å²) in [6.45, 7) is 2.35. The molecule has 5 rings (SSSR count). The van der Waals surface area contributed by atoms with E-state index in [1.165, 1.54) is 16.0 Å². The van der Waals surface area contributed by atoms with Crippen LogP contribution < -0.4 is 5.32 Å². The number of benzene rings is 2. The molecule has 1 heterocycles. The number of carbonyl (C=O) groups is 3. The number of hydrogen-bond donors (Lipinski definition) is 2. The maximum atomic E-state index is 13.1. The van der Waals surface area contributed by atoms with E-state index in [9.17, 15) is 19.5 Å². The summed E-state index contributed by atoms with van der Waals surface area (Å²) < 4.78 is 5.64. The second-order valence-corrected chi connectivity index (χ2v) is 9.85. The maximum Gasteiger partial charge on any atom is 0.407 e. The van der Waals surface area contributed by atoms with Crippen molar-refractivity contribution in [3.05, 3.63) is 59.7 Å². The summed E-state index contributed by atoms with van der Waals surface area (Å²) in [5.74, 6) is -1.33. The van der Waals surface area contributed by atoms with Crippen LogP contribution >= 0.6 is 0 Å². The van der Waals surface area contributed by atoms with Gasteiger partial charge in [-0.25, -0.2) is 9.59 Å². The zero-order valence-electron chi connectivity index (χ0n) is 19.3. The summed E-state index contributed by atoms with van der Waals surface area (Å²) in [5.41, 5.74) is 3.55. The Bertz CT molecular complexity index is 1090. The molecule has 2 amide bonds. The number of carbonyl (C=O) groups excluding carboxylic acids is 2. The standard InChI is InChI=1S/C27H30N2O5/c1-27(25(31)32)13-6-14-29(27)24(30)17-11-12-18(15-17)28-26(33)34-16-23-21-9-4-2-7-19(21)20-8-3-5-10-22(20)23/h2-5,7-10,17-18,23H,6,11-16H2,1H3,(H,28,33)(H,31,32). The number of hydrogen-bond acceptors (Lipinski definition) is 4. The average molecular weight is 463 g/mol. The number of amides is 2. The summed E-state index contributed by atoms with van der Waals surface area (Å²) in [6, 6.07) is 16.2. The van der Waals surface area contributed by atoms with Crippen LogP contribution in [-0.2, 0) is 14.3 Å². The SMILES string of the molecule is CC1(C(=O)O)CCCN1C(=O)C1CCC(NC(=O)OCC2c3ccccc3-c3ccccc32)C1. The second-order valence-electron chi connectivity index (χ2n) is 9.85. The van der Waals surface area contributed by atoms with E-state index in [0.29, 0.717) is 38.6 Å². The van der Waals surface area contributed by atoms with Crippen LogP contribution in [0.5, 0.6) is 0 Å². The lowest BCUT2D eigenvalue weighted by Gasteiger charge is -2.33. The van der Waals surface area contributed by atoms with E-state index in [1.54, 1.807) is 6.92 Å². The first-order valence-electron chi connectivity index (χ1n) is 12.0. The summed E-state index contributed by atoms with van der Waals surface area (Å²) in [6.07, 6.45) is 2.52. The Kier molecular flexibility index (Phi) is 5.80. The molecule has 1 aliphatic heterocycles. The van der Waals surface area contributed by atoms with Crippen molar-refractivity contribution in [1.29, 1.82) is 0 Å². The van der Waals surface area contributed by atoms with Gasteiger partial charge in [-0.05, 0) is 61.3 Å². The highest BCUT2D eigenvalue weighted by atomic mass is 16.5. The first kappa shape index (κ1) is 22.4. The lowest BCUT2D eigenvalue weighted by Crippen LogP contribution is -2.52. The van der Waals surface area contributed by atoms with Crippen molar-refractivity contribution in [2.24, 2.45) is 5.92 Å². The molecule has 2 aliphatic carbocycles. The molecule has 3 atom stereocenters. The predicted octanol–water partition coefficient (Wildman–Crippen LogP) is 4.16. The minimum Gasteiger partial charge on any atom is -0.480 e. The molecule has 0 radical (unpaired) electrons. The van der Waals surface area contributed by atoms with Crippen molar-refractivity contribution < 1.29 is 24.2 Å². The zero-order valence-corrected chi connectivity index (χ0v) is 19.3. The first-order valence-corrected chi connectivity index (χ1v) is 12.0. The van der Waals surface area contributed by atoms with Gasteiger partial charge in [0.1, 0.15) is 12.1 Å². The number of nitrogens with one attached hydrogen (secondary N) is 1. The summed E-state index contributed by atoms with van der Waals surface area (Å²) in [5, 5.41) is 12.5. The molecular weight excluding hydrogens is 432 g/mol. The first-order chi connectivity index (χ1) is 16.4. The summed E-state index contributed by atoms with van der Waals surface area (Å²) >= 11 is 0. The van der Waals surface area contributed by atoms with Crippen molar-refractivity contribution in [2.45, 2.75) is 56.5 Å². The number of fused-ring (bicyclic) bond motifs is 3. The minimum absolute atomic E-state index is 0.0000770. The number of alkyl carbamates (subject to hydrolysis) is 1. The minimum atomic E-state index is -1.13. The molecule has 178 valence electrons. The van der Waals surface area contributed by atoms with Gasteiger partial charge in [-0.1, -0.05) is 48.5 Å². The fourth-order valence-electron chi connectivity index (χ4n) is 5.90. The molecule has 7 heteroatoms. The van der Waals surface area contributed by atoms with Gasteiger partial charge in [0.2, 0.25) is 5.91 Å². The Hall–Kier alpha value is -3.35. The average Bonchev–Trinajstić information content (AvgIpc) is 3.54. The van der Waals surface area contributed by atoms with Gasteiger partial charge in [0.25, 0.3) is 0 Å². The molecule has 0 aromatic heterocycles. The van der Waals surface area contributed by atoms with Crippen molar-refractivity contribution in [3.8, 4) is 11.1 Å². The number of carboxylic acids is 1. The van der Waals surface area contributed by atoms with Gasteiger partial charge in [0.15, 0.2) is 0 Å². The highest BCUT2D eigenvalue weighted by Crippen LogP contribution is 2.44. The molecule has 0 spiro atoms. The number of nitrogens with zero attached hydrogens (tertiary/aromatic N) is 1. The number of likely N-dealkylation sites (tertiary alicyclic amines) is 1. The Morgan fingerprint density at radius 2 is 1.71 bits per heavy atom. The van der Waals surface area contributed by atoms with Crippen LogP contribution in [0.1, 0.15) is 56.1 Å². The van der Waals surface area contributed by atoms with Crippen molar-refractivity contribution in [2.75, 3.05) is 13.2 Å². The molecule has 2 aromatic rings. The van der Waals surface area contributed by atoms with Crippen molar-refractivity contribution >= 4 is 18.0 Å². The Morgan fingerprint density at radius 3 is 2.35 bits per heavy atom. The van der Waals surface area contributed by atoms with Crippen LogP contribution in [0, 0.1) is 5.92 Å². The summed E-state index contributed by atoms with van der Waals surface area (Å²) in [7, 11) is 0. The lowest BCUT2D eigenvalue weighted by atomic mass is 9.97. The van der Waals surface area contributed by atoms with Gasteiger partial charge in [-0.2, -0.15) is 0 Å². The summed E-state index contributed by atoms with van der Waals surface area (Å²) in [4.78, 5) is 38.9. The van der Waals surface area contributed by atoms with Crippen molar-refractivity contribution in [3.63, 3.8) is 0 Å². The van der Waals surface area contributed by atoms with Crippen LogP contribution in [0.25, 0.3) is 11.1 Å².